The number of benzene rings is 1. The molecule has 108 valence electrons. The predicted octanol–water partition coefficient (Wildman–Crippen LogP) is 3.27. The average Bonchev–Trinajstić information content (AvgIpc) is 2.54. The summed E-state index contributed by atoms with van der Waals surface area (Å²) in [5, 5.41) is 10.5. The maximum Gasteiger partial charge on any atom is 0.119 e. The molecule has 2 atom stereocenters. The van der Waals surface area contributed by atoms with E-state index in [9.17, 15) is 5.11 Å². The van der Waals surface area contributed by atoms with Crippen molar-refractivity contribution in [2.24, 2.45) is 11.7 Å². The largest absolute Gasteiger partial charge is 0.493 e. The lowest BCUT2D eigenvalue weighted by molar-refractivity contribution is 0.0517. The molecule has 1 aromatic carbocycles. The quantitative estimate of drug-likeness (QED) is 0.802. The van der Waals surface area contributed by atoms with Crippen LogP contribution >= 0.6 is 0 Å². The number of ether oxygens (including phenoxy) is 1. The Kier molecular flexibility index (Phi) is 2.58. The highest BCUT2D eigenvalue weighted by atomic mass is 16.5. The van der Waals surface area contributed by atoms with Gasteiger partial charge in [-0.3, -0.25) is 0 Å². The minimum Gasteiger partial charge on any atom is -0.493 e. The monoisotopic (exact) mass is 274 g/mol. The van der Waals surface area contributed by atoms with E-state index in [-0.39, 0.29) is 12.2 Å². The molecule has 0 radical (unpaired) electrons. The van der Waals surface area contributed by atoms with E-state index in [2.05, 4.69) is 0 Å². The van der Waals surface area contributed by atoms with Gasteiger partial charge in [-0.2, -0.15) is 0 Å². The van der Waals surface area contributed by atoms with Gasteiger partial charge >= 0.3 is 0 Å². The van der Waals surface area contributed by atoms with Gasteiger partial charge in [-0.15, -0.1) is 0 Å². The van der Waals surface area contributed by atoms with Gasteiger partial charge in [0.05, 0.1) is 18.2 Å². The molecule has 0 aromatic heterocycles. The molecular weight excluding hydrogens is 238 g/mol. The van der Waals surface area contributed by atoms with Crippen LogP contribution < -0.4 is 10.5 Å². The molecule has 19 heavy (non-hydrogen) atoms. The average molecular weight is 274 g/mol. The third kappa shape index (κ3) is 5.21. The van der Waals surface area contributed by atoms with Crippen LogP contribution in [-0.4, -0.2) is 17.3 Å². The molecule has 3 heteroatoms. The highest BCUT2D eigenvalue weighted by Gasteiger charge is 2.24. The van der Waals surface area contributed by atoms with E-state index < -0.39 is 38.1 Å². The third-order valence-corrected chi connectivity index (χ3v) is 2.78. The standard InChI is InChI=1S/C16H27NO2/c1-5-6-12(2)11-19-14-9-7-13(8-10-14)15(17)16(3,4)18/h7-10,12,15,18H,5-6,11,17H2,1-4H3/t12-,15-/m1/s1/i2D3,3D3,4D3. The minimum atomic E-state index is -3.24. The summed E-state index contributed by atoms with van der Waals surface area (Å²) < 4.78 is 72.8. The van der Waals surface area contributed by atoms with Crippen LogP contribution in [0, 0.1) is 5.92 Å². The lowest BCUT2D eigenvalue weighted by atomic mass is 9.93. The zero-order chi connectivity index (χ0) is 22.0. The maximum atomic E-state index is 10.5. The predicted molar refractivity (Wildman–Crippen MR) is 79.2 cm³/mol. The normalized spacial score (nSPS) is 24.1. The highest BCUT2D eigenvalue weighted by Crippen LogP contribution is 2.24. The molecule has 0 unspecified atom stereocenters. The van der Waals surface area contributed by atoms with E-state index >= 15 is 0 Å². The molecule has 1 rings (SSSR count). The fraction of sp³-hybridized carbons (Fsp3) is 0.625. The topological polar surface area (TPSA) is 55.5 Å². The Bertz CT molecular complexity index is 609. The lowest BCUT2D eigenvalue weighted by Crippen LogP contribution is -2.34. The van der Waals surface area contributed by atoms with Gasteiger partial charge in [0.25, 0.3) is 0 Å². The Balaban J connectivity index is 3.00. The molecule has 0 fully saturated rings. The Morgan fingerprint density at radius 1 is 1.37 bits per heavy atom. The highest BCUT2D eigenvalue weighted by molar-refractivity contribution is 5.30. The SMILES string of the molecule is [2H]C([2H])([2H])[C@H](CCC)COc1ccc([C@@H](N)C(O)(C([2H])([2H])[2H])C([2H])([2H])[2H])cc1. The first-order valence-corrected chi connectivity index (χ1v) is 6.26. The first kappa shape index (κ1) is 7.09. The van der Waals surface area contributed by atoms with Crippen molar-refractivity contribution in [1.82, 2.24) is 0 Å². The Hall–Kier alpha value is -1.06. The van der Waals surface area contributed by atoms with Crippen molar-refractivity contribution in [1.29, 1.82) is 0 Å². The van der Waals surface area contributed by atoms with Crippen molar-refractivity contribution < 1.29 is 22.2 Å². The first-order valence-electron chi connectivity index (χ1n) is 10.8. The van der Waals surface area contributed by atoms with Crippen molar-refractivity contribution in [3.8, 4) is 5.75 Å². The molecule has 0 bridgehead atoms. The zero-order valence-corrected chi connectivity index (χ0v) is 11.0. The second kappa shape index (κ2) is 6.92. The molecule has 0 saturated carbocycles. The van der Waals surface area contributed by atoms with E-state index in [4.69, 9.17) is 22.8 Å². The van der Waals surface area contributed by atoms with Gasteiger partial charge in [0.2, 0.25) is 0 Å². The molecular formula is C16H27NO2. The summed E-state index contributed by atoms with van der Waals surface area (Å²) in [6, 6.07) is 3.87. The molecule has 0 saturated heterocycles. The fourth-order valence-corrected chi connectivity index (χ4v) is 1.64. The minimum absolute atomic E-state index is 0.0236. The van der Waals surface area contributed by atoms with Crippen LogP contribution in [0.4, 0.5) is 0 Å². The molecule has 0 amide bonds. The molecule has 3 N–H and O–H groups in total. The molecule has 0 aliphatic carbocycles. The van der Waals surface area contributed by atoms with E-state index in [0.717, 1.165) is 0 Å². The lowest BCUT2D eigenvalue weighted by Gasteiger charge is -2.26. The fourth-order valence-electron chi connectivity index (χ4n) is 1.64. The maximum absolute atomic E-state index is 10.5. The third-order valence-electron chi connectivity index (χ3n) is 2.78. The van der Waals surface area contributed by atoms with E-state index in [1.807, 2.05) is 6.92 Å². The van der Waals surface area contributed by atoms with Crippen molar-refractivity contribution in [2.75, 3.05) is 6.61 Å². The number of aliphatic hydroxyl groups is 1. The molecule has 0 aliphatic heterocycles. The Labute approximate surface area is 129 Å². The van der Waals surface area contributed by atoms with Gasteiger partial charge in [-0.05, 0) is 43.7 Å². The summed E-state index contributed by atoms with van der Waals surface area (Å²) in [5.74, 6) is -0.303. The summed E-state index contributed by atoms with van der Waals surface area (Å²) >= 11 is 0. The van der Waals surface area contributed by atoms with E-state index in [1.54, 1.807) is 0 Å². The van der Waals surface area contributed by atoms with Gasteiger partial charge in [-0.1, -0.05) is 32.3 Å². The smallest absolute Gasteiger partial charge is 0.119 e. The molecule has 0 spiro atoms. The van der Waals surface area contributed by atoms with Gasteiger partial charge in [-0.25, -0.2) is 0 Å². The Morgan fingerprint density at radius 3 is 2.58 bits per heavy atom. The number of hydrogen-bond acceptors (Lipinski definition) is 3. The molecule has 3 nitrogen and oxygen atoms in total. The van der Waals surface area contributed by atoms with Crippen LogP contribution in [0.5, 0.6) is 5.75 Å². The van der Waals surface area contributed by atoms with Crippen molar-refractivity contribution in [3.63, 3.8) is 0 Å². The van der Waals surface area contributed by atoms with Crippen LogP contribution in [0.2, 0.25) is 0 Å². The summed E-state index contributed by atoms with van der Waals surface area (Å²) in [6.07, 6.45) is 1.17. The molecule has 0 aliphatic rings. The Morgan fingerprint density at radius 2 is 2.05 bits per heavy atom. The van der Waals surface area contributed by atoms with Crippen molar-refractivity contribution in [3.05, 3.63) is 29.8 Å². The van der Waals surface area contributed by atoms with E-state index in [0.29, 0.717) is 18.6 Å². The van der Waals surface area contributed by atoms with Gasteiger partial charge in [0.15, 0.2) is 0 Å². The van der Waals surface area contributed by atoms with Crippen molar-refractivity contribution in [2.45, 2.75) is 52.0 Å². The van der Waals surface area contributed by atoms with E-state index in [1.165, 1.54) is 24.3 Å². The summed E-state index contributed by atoms with van der Waals surface area (Å²) in [5.41, 5.74) is 2.80. The van der Waals surface area contributed by atoms with Crippen LogP contribution in [0.1, 0.15) is 64.3 Å². The molecule has 1 aromatic rings. The van der Waals surface area contributed by atoms with Gasteiger partial charge < -0.3 is 15.6 Å². The van der Waals surface area contributed by atoms with Crippen LogP contribution in [0.15, 0.2) is 24.3 Å². The summed E-state index contributed by atoms with van der Waals surface area (Å²) in [7, 11) is 0. The molecule has 0 heterocycles. The number of rotatable bonds is 7. The second-order valence-electron chi connectivity index (χ2n) is 4.61. The van der Waals surface area contributed by atoms with Crippen molar-refractivity contribution >= 4 is 0 Å². The number of hydrogen-bond donors (Lipinski definition) is 2. The summed E-state index contributed by atoms with van der Waals surface area (Å²) in [6.45, 7) is -6.76. The van der Waals surface area contributed by atoms with Crippen LogP contribution in [-0.2, 0) is 0 Å². The van der Waals surface area contributed by atoms with Gasteiger partial charge in [0.1, 0.15) is 5.75 Å². The zero-order valence-electron chi connectivity index (χ0n) is 20.0. The first-order chi connectivity index (χ1) is 12.6. The van der Waals surface area contributed by atoms with Gasteiger partial charge in [0, 0.05) is 12.3 Å². The van der Waals surface area contributed by atoms with Crippen LogP contribution in [0.25, 0.3) is 0 Å². The number of nitrogens with two attached hydrogens (primary N) is 1. The second-order valence-corrected chi connectivity index (χ2v) is 4.61. The van der Waals surface area contributed by atoms with Crippen LogP contribution in [0.3, 0.4) is 0 Å². The summed E-state index contributed by atoms with van der Waals surface area (Å²) in [4.78, 5) is 0.